The van der Waals surface area contributed by atoms with Crippen molar-refractivity contribution < 1.29 is 169 Å². The van der Waals surface area contributed by atoms with Crippen molar-refractivity contribution in [1.82, 2.24) is 0 Å². The molecule has 2 fully saturated rings. The summed E-state index contributed by atoms with van der Waals surface area (Å²) < 4.78 is 39.8. The molecule has 12 rings (SSSR count). The normalized spacial score (nSPS) is 24.4. The van der Waals surface area contributed by atoms with E-state index in [1.165, 1.54) is 13.8 Å². The van der Waals surface area contributed by atoms with Gasteiger partial charge in [-0.2, -0.15) is 14.7 Å². The van der Waals surface area contributed by atoms with E-state index in [0.717, 1.165) is 0 Å². The topological polar surface area (TPSA) is 535 Å². The number of hydrogen-bond donors (Lipinski definition) is 18. The molecule has 18 N–H and O–H groups in total. The monoisotopic (exact) mass is 1220 g/mol. The van der Waals surface area contributed by atoms with Crippen LogP contribution in [-0.4, -0.2) is 172 Å². The Labute approximate surface area is 481 Å². The first-order chi connectivity index (χ1) is 41.2. The number of carbonyl (C=O) groups is 3. The van der Waals surface area contributed by atoms with E-state index >= 15 is 0 Å². The average molecular weight is 1220 g/mol. The van der Waals surface area contributed by atoms with Gasteiger partial charge in [-0.15, -0.1) is 0 Å². The van der Waals surface area contributed by atoms with E-state index in [0.29, 0.717) is 36.4 Å². The number of aliphatic hydroxyl groups excluding tert-OH is 2. The lowest BCUT2D eigenvalue weighted by Crippen LogP contribution is -2.57. The number of benzene rings is 6. The maximum absolute atomic E-state index is 14.5. The molecule has 0 aromatic heterocycles. The van der Waals surface area contributed by atoms with Gasteiger partial charge in [0.2, 0.25) is 57.5 Å². The number of aromatic hydroxyl groups is 16. The quantitative estimate of drug-likeness (QED) is 0.0449. The van der Waals surface area contributed by atoms with Crippen molar-refractivity contribution in [3.05, 3.63) is 53.1 Å². The molecule has 34 nitrogen and oxygen atoms in total. The number of ether oxygens (including phenoxy) is 7. The highest BCUT2D eigenvalue weighted by atomic mass is 17.2. The van der Waals surface area contributed by atoms with Crippen LogP contribution in [0, 0.1) is 11.8 Å². The average Bonchev–Trinajstić information content (AvgIpc) is 2.05. The van der Waals surface area contributed by atoms with Crippen molar-refractivity contribution in [1.29, 1.82) is 0 Å². The molecule has 0 spiro atoms. The lowest BCUT2D eigenvalue weighted by Gasteiger charge is -2.41. The molecule has 10 atom stereocenters. The molecule has 0 saturated carbocycles. The third kappa shape index (κ3) is 9.49. The number of phenolic OH excluding ortho intramolecular Hbond substituents is 16. The minimum absolute atomic E-state index is 0.430. The molecule has 5 unspecified atom stereocenters. The number of esters is 3. The van der Waals surface area contributed by atoms with E-state index in [4.69, 9.17) is 62.5 Å². The van der Waals surface area contributed by atoms with Crippen LogP contribution in [0.4, 0.5) is 0 Å². The molecule has 34 heteroatoms. The summed E-state index contributed by atoms with van der Waals surface area (Å²) >= 11 is 0. The zero-order valence-electron chi connectivity index (χ0n) is 43.7. The molecular formula is C53H44O34. The molecule has 6 heterocycles. The van der Waals surface area contributed by atoms with Gasteiger partial charge < -0.3 is 140 Å². The minimum Gasteiger partial charge on any atom is -0.504 e. The first kappa shape index (κ1) is 58.0. The molecule has 2 saturated heterocycles. The number of hydrogen-bond acceptors (Lipinski definition) is 34. The van der Waals surface area contributed by atoms with Crippen LogP contribution in [0.15, 0.2) is 36.4 Å². The Morgan fingerprint density at radius 1 is 0.368 bits per heavy atom. The molecule has 6 aliphatic heterocycles. The van der Waals surface area contributed by atoms with Gasteiger partial charge in [0.1, 0.15) is 43.2 Å². The third-order valence-electron chi connectivity index (χ3n) is 14.6. The van der Waals surface area contributed by atoms with Gasteiger partial charge in [0.15, 0.2) is 99.5 Å². The standard InChI is InChI=1S/C53H44O34/c1-11-43-25-9-75-49(70)14-5-22(35(62)38(65)28(14)27-13(50(71)81-43)3-16(54)31(58)37(27)64)77-47-15(4-17(55)33(60)41(47)68)51(72)82-45-12(2)44-26(80-52(45)73)10-76-83-20-6-18(56)32(59)39(66)29(20)30-21(84-86-44)8-23(36(63)40(30)67)78-48-24(7-19(57)34(61)42(48)69)85-87-46(11)53(74)79-25/h3-8,11-12,25-26,43-46,52-69,73-74H,9-10H2,1-2H3/t11-,12+,25-,26?,43?,44+,45?,46-,52?,53?/m1/s1. The lowest BCUT2D eigenvalue weighted by atomic mass is 9.90. The van der Waals surface area contributed by atoms with E-state index in [2.05, 4.69) is 0 Å². The van der Waals surface area contributed by atoms with Gasteiger partial charge in [0.25, 0.3) is 0 Å². The summed E-state index contributed by atoms with van der Waals surface area (Å²) in [5.41, 5.74) is -7.04. The maximum atomic E-state index is 14.5. The van der Waals surface area contributed by atoms with E-state index in [1.54, 1.807) is 0 Å². The van der Waals surface area contributed by atoms with Gasteiger partial charge in [-0.05, 0) is 6.07 Å². The van der Waals surface area contributed by atoms with Gasteiger partial charge in [0, 0.05) is 53.3 Å². The van der Waals surface area contributed by atoms with Crippen molar-refractivity contribution in [2.75, 3.05) is 13.2 Å². The highest BCUT2D eigenvalue weighted by molar-refractivity contribution is 6.08. The third-order valence-corrected chi connectivity index (χ3v) is 14.6. The zero-order valence-corrected chi connectivity index (χ0v) is 43.7. The van der Waals surface area contributed by atoms with Crippen molar-refractivity contribution >= 4 is 17.9 Å². The zero-order chi connectivity index (χ0) is 62.7. The van der Waals surface area contributed by atoms with Crippen LogP contribution in [-0.2, 0) is 38.3 Å². The summed E-state index contributed by atoms with van der Waals surface area (Å²) in [4.78, 5) is 76.6. The number of aliphatic hydroxyl groups is 2. The van der Waals surface area contributed by atoms with E-state index in [1.807, 2.05) is 0 Å². The SMILES string of the molecule is C[C@@H]1C2OC(=O)c3cc(O)c(O)c(O)c3Oc3cc4c(c(O)c3O)-c3c(cc(O)c(O)c3O)C(=O)OC3[C@@H](C)[C@@H](OOc5cc(O)c(O)c(O)c5Oc5cc6c(c(O)c5O)-c5c(cc(O)c(O)c5O)OOCC(OC2O)[C@H]1OO6)C(O)O[C@@H]3COC4=O. The van der Waals surface area contributed by atoms with Crippen LogP contribution in [0.2, 0.25) is 0 Å². The Bertz CT molecular complexity index is 3880. The van der Waals surface area contributed by atoms with Crippen LogP contribution < -0.4 is 24.1 Å². The predicted octanol–water partition coefficient (Wildman–Crippen LogP) is 3.22. The summed E-state index contributed by atoms with van der Waals surface area (Å²) in [5, 5.41) is 201. The second kappa shape index (κ2) is 21.4. The van der Waals surface area contributed by atoms with Crippen molar-refractivity contribution in [3.63, 3.8) is 0 Å². The molecular weight excluding hydrogens is 1180 g/mol. The predicted molar refractivity (Wildman–Crippen MR) is 270 cm³/mol. The Morgan fingerprint density at radius 3 is 1.44 bits per heavy atom. The molecule has 6 aromatic carbocycles. The van der Waals surface area contributed by atoms with Gasteiger partial charge in [-0.3, -0.25) is 0 Å². The molecule has 6 aliphatic rings. The highest BCUT2D eigenvalue weighted by Crippen LogP contribution is 2.61. The van der Waals surface area contributed by atoms with Gasteiger partial charge in [-0.1, -0.05) is 13.8 Å². The summed E-state index contributed by atoms with van der Waals surface area (Å²) in [5.74, 6) is -36.7. The van der Waals surface area contributed by atoms with Crippen LogP contribution >= 0.6 is 0 Å². The summed E-state index contributed by atoms with van der Waals surface area (Å²) in [7, 11) is 0. The van der Waals surface area contributed by atoms with Gasteiger partial charge in [0.05, 0.1) is 22.3 Å². The van der Waals surface area contributed by atoms with E-state index in [-0.39, 0.29) is 0 Å². The molecule has 0 amide bonds. The number of fused-ring (bicyclic) bond motifs is 7. The second-order valence-electron chi connectivity index (χ2n) is 19.9. The Hall–Kier alpha value is -10.7. The largest absolute Gasteiger partial charge is 0.504 e. The van der Waals surface area contributed by atoms with Crippen molar-refractivity contribution in [2.45, 2.75) is 63.1 Å². The summed E-state index contributed by atoms with van der Waals surface area (Å²) in [6, 6.07) is 3.23. The Balaban J connectivity index is 1.11. The molecule has 460 valence electrons. The molecule has 0 aliphatic carbocycles. The molecule has 6 aromatic rings. The van der Waals surface area contributed by atoms with Gasteiger partial charge in [-0.25, -0.2) is 14.4 Å². The molecule has 87 heavy (non-hydrogen) atoms. The summed E-state index contributed by atoms with van der Waals surface area (Å²) in [6.45, 7) is 0.574. The fourth-order valence-corrected chi connectivity index (χ4v) is 10.1. The van der Waals surface area contributed by atoms with Crippen LogP contribution in [0.3, 0.4) is 0 Å². The molecule has 9 bridgehead atoms. The fourth-order valence-electron chi connectivity index (χ4n) is 10.1. The van der Waals surface area contributed by atoms with E-state index < -0.39 is 263 Å². The van der Waals surface area contributed by atoms with Crippen LogP contribution in [0.5, 0.6) is 132 Å². The highest BCUT2D eigenvalue weighted by Gasteiger charge is 2.51. The second-order valence-corrected chi connectivity index (χ2v) is 19.9. The molecule has 0 radical (unpaired) electrons. The minimum atomic E-state index is -2.25. The van der Waals surface area contributed by atoms with Crippen molar-refractivity contribution in [3.8, 4) is 154 Å². The first-order valence-corrected chi connectivity index (χ1v) is 25.1. The number of rotatable bonds is 0. The Morgan fingerprint density at radius 2 is 0.793 bits per heavy atom. The number of phenols is 16. The first-order valence-electron chi connectivity index (χ1n) is 25.1. The summed E-state index contributed by atoms with van der Waals surface area (Å²) in [6.07, 6.45) is -15.4. The fraction of sp³-hybridized carbons (Fsp3) is 0.264. The van der Waals surface area contributed by atoms with Gasteiger partial charge >= 0.3 is 17.9 Å². The van der Waals surface area contributed by atoms with E-state index in [9.17, 15) is 106 Å². The smallest absolute Gasteiger partial charge is 0.342 e. The Kier molecular flexibility index (Phi) is 14.3. The number of carbonyl (C=O) groups excluding carboxylic acids is 3. The maximum Gasteiger partial charge on any atom is 0.342 e. The van der Waals surface area contributed by atoms with Crippen LogP contribution in [0.25, 0.3) is 22.3 Å². The lowest BCUT2D eigenvalue weighted by molar-refractivity contribution is -0.356. The van der Waals surface area contributed by atoms with Crippen molar-refractivity contribution in [2.24, 2.45) is 11.8 Å². The van der Waals surface area contributed by atoms with Crippen LogP contribution in [0.1, 0.15) is 44.9 Å².